The number of methoxy groups -OCH3 is 2. The zero-order chi connectivity index (χ0) is 24.2. The first-order valence-electron chi connectivity index (χ1n) is 12.3. The van der Waals surface area contributed by atoms with E-state index < -0.39 is 0 Å². The van der Waals surface area contributed by atoms with Crippen LogP contribution in [0.25, 0.3) is 0 Å². The lowest BCUT2D eigenvalue weighted by Gasteiger charge is -2.46. The number of halogens is 1. The average molecular weight is 520 g/mol. The van der Waals surface area contributed by atoms with Crippen LogP contribution in [0.1, 0.15) is 50.2 Å². The number of hydrogen-bond donors (Lipinski definition) is 0. The third kappa shape index (κ3) is 5.69. The van der Waals surface area contributed by atoms with E-state index in [9.17, 15) is 0 Å². The predicted octanol–water partition coefficient (Wildman–Crippen LogP) is 7.46. The quantitative estimate of drug-likeness (QED) is 0.324. The molecule has 2 aromatic rings. The van der Waals surface area contributed by atoms with E-state index in [2.05, 4.69) is 72.7 Å². The van der Waals surface area contributed by atoms with Crippen molar-refractivity contribution in [3.8, 4) is 11.5 Å². The summed E-state index contributed by atoms with van der Waals surface area (Å²) >= 11 is 10.4. The molecule has 2 aromatic carbocycles. The monoisotopic (exact) mass is 519 g/mol. The smallest absolute Gasteiger partial charge is 0.161 e. The van der Waals surface area contributed by atoms with Crippen LogP contribution >= 0.6 is 35.1 Å². The summed E-state index contributed by atoms with van der Waals surface area (Å²) in [5.41, 5.74) is 3.09. The second-order valence-electron chi connectivity index (χ2n) is 10.0. The Bertz CT molecular complexity index is 942. The average Bonchev–Trinajstić information content (AvgIpc) is 2.82. The molecule has 2 fully saturated rings. The summed E-state index contributed by atoms with van der Waals surface area (Å²) in [5, 5.41) is 0.822. The van der Waals surface area contributed by atoms with Crippen molar-refractivity contribution in [2.24, 2.45) is 5.92 Å². The van der Waals surface area contributed by atoms with Gasteiger partial charge in [0.05, 0.1) is 18.3 Å². The Balaban J connectivity index is 1.46. The fourth-order valence-corrected chi connectivity index (χ4v) is 9.40. The van der Waals surface area contributed by atoms with Crippen molar-refractivity contribution in [1.82, 2.24) is 4.90 Å². The minimum absolute atomic E-state index is 0.0718. The Morgan fingerprint density at radius 3 is 2.18 bits per heavy atom. The van der Waals surface area contributed by atoms with Gasteiger partial charge in [-0.25, -0.2) is 0 Å². The molecule has 1 atom stereocenters. The van der Waals surface area contributed by atoms with Crippen LogP contribution in [0.2, 0.25) is 5.02 Å². The lowest BCUT2D eigenvalue weighted by atomic mass is 9.64. The molecule has 6 heteroatoms. The van der Waals surface area contributed by atoms with Crippen LogP contribution < -0.4 is 9.47 Å². The molecule has 3 nitrogen and oxygen atoms in total. The van der Waals surface area contributed by atoms with Gasteiger partial charge in [0.1, 0.15) is 0 Å². The third-order valence-electron chi connectivity index (χ3n) is 7.36. The molecule has 0 N–H and O–H groups in total. The molecule has 0 bridgehead atoms. The van der Waals surface area contributed by atoms with Crippen molar-refractivity contribution in [3.63, 3.8) is 0 Å². The summed E-state index contributed by atoms with van der Waals surface area (Å²) in [4.78, 5) is 2.57. The Labute approximate surface area is 219 Å². The number of thioether (sulfide) groups is 2. The molecule has 4 rings (SSSR count). The van der Waals surface area contributed by atoms with Gasteiger partial charge in [0.15, 0.2) is 11.5 Å². The van der Waals surface area contributed by atoms with Crippen molar-refractivity contribution in [1.29, 1.82) is 0 Å². The minimum Gasteiger partial charge on any atom is -0.493 e. The Kier molecular flexibility index (Phi) is 8.71. The van der Waals surface area contributed by atoms with Crippen LogP contribution in [0.5, 0.6) is 11.5 Å². The van der Waals surface area contributed by atoms with Gasteiger partial charge in [0.25, 0.3) is 0 Å². The van der Waals surface area contributed by atoms with Crippen LogP contribution in [0, 0.1) is 5.92 Å². The summed E-state index contributed by atoms with van der Waals surface area (Å²) < 4.78 is 11.2. The van der Waals surface area contributed by atoms with Gasteiger partial charge in [0.2, 0.25) is 0 Å². The first kappa shape index (κ1) is 26.1. The predicted molar refractivity (Wildman–Crippen MR) is 149 cm³/mol. The highest BCUT2D eigenvalue weighted by Gasteiger charge is 2.41. The Morgan fingerprint density at radius 2 is 1.59 bits per heavy atom. The number of hydrogen-bond acceptors (Lipinski definition) is 5. The fourth-order valence-electron chi connectivity index (χ4n) is 5.63. The molecule has 1 aliphatic heterocycles. The topological polar surface area (TPSA) is 21.7 Å². The van der Waals surface area contributed by atoms with Gasteiger partial charge in [-0.05, 0) is 85.5 Å². The molecule has 34 heavy (non-hydrogen) atoms. The summed E-state index contributed by atoms with van der Waals surface area (Å²) in [6.45, 7) is 4.64. The van der Waals surface area contributed by atoms with Gasteiger partial charge in [-0.1, -0.05) is 43.1 Å². The maximum absolute atomic E-state index is 6.16. The molecule has 0 amide bonds. The number of likely N-dealkylation sites (N-methyl/N-ethyl adjacent to an activating group) is 1. The normalized spacial score (nSPS) is 19.9. The van der Waals surface area contributed by atoms with Crippen LogP contribution in [0.3, 0.4) is 0 Å². The Hall–Kier alpha value is -1.01. The van der Waals surface area contributed by atoms with E-state index in [1.54, 1.807) is 14.2 Å². The van der Waals surface area contributed by atoms with Crippen molar-refractivity contribution >= 4 is 35.1 Å². The molecule has 0 aromatic heterocycles. The molecular formula is C28H38ClNO2S2. The van der Waals surface area contributed by atoms with E-state index >= 15 is 0 Å². The molecule has 186 valence electrons. The first-order chi connectivity index (χ1) is 16.4. The standard InChI is InChI=1S/C28H38ClNO2S2/c1-21(19-30(2)20-27(13-5-14-27)22-7-10-24(29)11-8-22)18-28(33-15-6-16-34-28)23-9-12-25(31-3)26(17-23)32-4/h7-12,17,21H,5-6,13-16,18-20H2,1-4H3. The molecule has 0 radical (unpaired) electrons. The van der Waals surface area contributed by atoms with Gasteiger partial charge < -0.3 is 14.4 Å². The maximum atomic E-state index is 6.16. The largest absolute Gasteiger partial charge is 0.493 e. The molecule has 1 saturated carbocycles. The van der Waals surface area contributed by atoms with Crippen LogP contribution in [0.15, 0.2) is 42.5 Å². The van der Waals surface area contributed by atoms with Crippen LogP contribution in [-0.2, 0) is 9.49 Å². The second kappa shape index (κ2) is 11.4. The van der Waals surface area contributed by atoms with E-state index in [1.165, 1.54) is 48.3 Å². The van der Waals surface area contributed by atoms with Crippen molar-refractivity contribution < 1.29 is 9.47 Å². The van der Waals surface area contributed by atoms with Gasteiger partial charge in [-0.15, -0.1) is 23.5 Å². The highest BCUT2D eigenvalue weighted by atomic mass is 35.5. The highest BCUT2D eigenvalue weighted by Crippen LogP contribution is 2.55. The molecule has 2 aliphatic rings. The zero-order valence-electron chi connectivity index (χ0n) is 20.9. The van der Waals surface area contributed by atoms with E-state index in [-0.39, 0.29) is 9.49 Å². The first-order valence-corrected chi connectivity index (χ1v) is 14.7. The van der Waals surface area contributed by atoms with Crippen LogP contribution in [0.4, 0.5) is 0 Å². The lowest BCUT2D eigenvalue weighted by Crippen LogP contribution is -2.45. The SMILES string of the molecule is COc1ccc(C2(CC(C)CN(C)CC3(c4ccc(Cl)cc4)CCC3)SCCCS2)cc1OC. The fraction of sp³-hybridized carbons (Fsp3) is 0.571. The van der Waals surface area contributed by atoms with E-state index in [1.807, 2.05) is 12.1 Å². The highest BCUT2D eigenvalue weighted by molar-refractivity contribution is 8.18. The molecule has 0 spiro atoms. The third-order valence-corrected chi connectivity index (χ3v) is 11.0. The van der Waals surface area contributed by atoms with Gasteiger partial charge >= 0.3 is 0 Å². The number of ether oxygens (including phenoxy) is 2. The van der Waals surface area contributed by atoms with Gasteiger partial charge in [-0.2, -0.15) is 0 Å². The number of nitrogens with zero attached hydrogens (tertiary/aromatic N) is 1. The zero-order valence-corrected chi connectivity index (χ0v) is 23.3. The van der Waals surface area contributed by atoms with Crippen LogP contribution in [-0.4, -0.2) is 50.8 Å². The molecule has 1 aliphatic carbocycles. The van der Waals surface area contributed by atoms with E-state index in [4.69, 9.17) is 21.1 Å². The molecular weight excluding hydrogens is 482 g/mol. The van der Waals surface area contributed by atoms with E-state index in [0.29, 0.717) is 5.92 Å². The minimum atomic E-state index is 0.0718. The summed E-state index contributed by atoms with van der Waals surface area (Å²) in [6.07, 6.45) is 6.29. The Morgan fingerprint density at radius 1 is 0.941 bits per heavy atom. The number of rotatable bonds is 10. The summed E-state index contributed by atoms with van der Waals surface area (Å²) in [5.74, 6) is 4.63. The molecule has 1 saturated heterocycles. The second-order valence-corrected chi connectivity index (χ2v) is 13.5. The summed E-state index contributed by atoms with van der Waals surface area (Å²) in [6, 6.07) is 15.1. The van der Waals surface area contributed by atoms with Gasteiger partial charge in [0, 0.05) is 23.5 Å². The summed E-state index contributed by atoms with van der Waals surface area (Å²) in [7, 11) is 5.73. The molecule has 1 unspecified atom stereocenters. The van der Waals surface area contributed by atoms with Crippen molar-refractivity contribution in [2.45, 2.75) is 48.5 Å². The maximum Gasteiger partial charge on any atom is 0.161 e. The van der Waals surface area contributed by atoms with Gasteiger partial charge in [-0.3, -0.25) is 0 Å². The lowest BCUT2D eigenvalue weighted by molar-refractivity contribution is 0.146. The number of benzene rings is 2. The van der Waals surface area contributed by atoms with Crippen molar-refractivity contribution in [2.75, 3.05) is 45.9 Å². The molecule has 1 heterocycles. The van der Waals surface area contributed by atoms with Crippen molar-refractivity contribution in [3.05, 3.63) is 58.6 Å². The van der Waals surface area contributed by atoms with E-state index in [0.717, 1.165) is 36.0 Å².